The number of imide groups is 1. The molecular formula is C11H8Cl3N3O2. The maximum Gasteiger partial charge on any atom is 0.275 e. The third-order valence-electron chi connectivity index (χ3n) is 2.71. The van der Waals surface area contributed by atoms with Gasteiger partial charge in [0.05, 0.1) is 10.0 Å². The first-order chi connectivity index (χ1) is 8.82. The molecule has 19 heavy (non-hydrogen) atoms. The SMILES string of the molecule is CC1=C(C)C(=O)N(Nc2cc(Cl)c(Cl)c(Cl)n2)C1=O. The van der Waals surface area contributed by atoms with E-state index in [-0.39, 0.29) is 21.0 Å². The van der Waals surface area contributed by atoms with E-state index in [1.807, 2.05) is 0 Å². The number of hydrazine groups is 1. The zero-order valence-electron chi connectivity index (χ0n) is 9.92. The van der Waals surface area contributed by atoms with Crippen LogP contribution in [0.25, 0.3) is 0 Å². The predicted octanol–water partition coefficient (Wildman–Crippen LogP) is 3.07. The molecule has 100 valence electrons. The van der Waals surface area contributed by atoms with Gasteiger partial charge in [-0.1, -0.05) is 34.8 Å². The molecule has 0 unspecified atom stereocenters. The molecule has 0 bridgehead atoms. The van der Waals surface area contributed by atoms with E-state index in [1.54, 1.807) is 13.8 Å². The lowest BCUT2D eigenvalue weighted by Gasteiger charge is -2.17. The van der Waals surface area contributed by atoms with E-state index >= 15 is 0 Å². The fraction of sp³-hybridized carbons (Fsp3) is 0.182. The largest absolute Gasteiger partial charge is 0.275 e. The molecule has 0 saturated heterocycles. The second-order valence-corrected chi connectivity index (χ2v) is 5.04. The number of nitrogens with one attached hydrogen (secondary N) is 1. The van der Waals surface area contributed by atoms with E-state index in [9.17, 15) is 9.59 Å². The standard InChI is InChI=1S/C11H8Cl3N3O2/c1-4-5(2)11(19)17(10(4)18)16-7-3-6(12)8(13)9(14)15-7/h3H,1-2H3,(H,15,16). The number of rotatable bonds is 2. The van der Waals surface area contributed by atoms with Crippen molar-refractivity contribution in [3.8, 4) is 0 Å². The summed E-state index contributed by atoms with van der Waals surface area (Å²) in [5.74, 6) is -0.721. The minimum absolute atomic E-state index is 0.0165. The molecule has 0 atom stereocenters. The van der Waals surface area contributed by atoms with Crippen molar-refractivity contribution in [3.05, 3.63) is 32.4 Å². The van der Waals surface area contributed by atoms with Gasteiger partial charge in [0.15, 0.2) is 5.15 Å². The van der Waals surface area contributed by atoms with Crippen LogP contribution in [-0.2, 0) is 9.59 Å². The van der Waals surface area contributed by atoms with Crippen LogP contribution < -0.4 is 5.43 Å². The summed E-state index contributed by atoms with van der Waals surface area (Å²) in [6.07, 6.45) is 0. The number of pyridine rings is 1. The topological polar surface area (TPSA) is 62.3 Å². The third-order valence-corrected chi connectivity index (χ3v) is 3.86. The normalized spacial score (nSPS) is 15.5. The number of anilines is 1. The molecule has 0 saturated carbocycles. The van der Waals surface area contributed by atoms with Crippen LogP contribution in [-0.4, -0.2) is 21.8 Å². The van der Waals surface area contributed by atoms with E-state index in [1.165, 1.54) is 6.07 Å². The van der Waals surface area contributed by atoms with Gasteiger partial charge in [-0.3, -0.25) is 15.0 Å². The summed E-state index contributed by atoms with van der Waals surface area (Å²) in [4.78, 5) is 27.6. The first kappa shape index (κ1) is 14.1. The molecule has 1 aromatic heterocycles. The molecule has 1 aliphatic heterocycles. The average molecular weight is 321 g/mol. The van der Waals surface area contributed by atoms with Crippen LogP contribution in [0.15, 0.2) is 17.2 Å². The molecule has 2 rings (SSSR count). The Balaban J connectivity index is 2.29. The minimum Gasteiger partial charge on any atom is -0.271 e. The van der Waals surface area contributed by atoms with E-state index in [2.05, 4.69) is 10.4 Å². The highest BCUT2D eigenvalue weighted by molar-refractivity contribution is 6.47. The van der Waals surface area contributed by atoms with Crippen molar-refractivity contribution in [2.24, 2.45) is 0 Å². The van der Waals surface area contributed by atoms with Gasteiger partial charge in [0, 0.05) is 17.2 Å². The molecule has 1 N–H and O–H groups in total. The second-order valence-electron chi connectivity index (χ2n) is 3.90. The number of halogens is 3. The lowest BCUT2D eigenvalue weighted by Crippen LogP contribution is -2.37. The van der Waals surface area contributed by atoms with Crippen molar-refractivity contribution < 1.29 is 9.59 Å². The van der Waals surface area contributed by atoms with Gasteiger partial charge in [0.25, 0.3) is 11.8 Å². The number of nitrogens with zero attached hydrogens (tertiary/aromatic N) is 2. The van der Waals surface area contributed by atoms with Gasteiger partial charge in [-0.2, -0.15) is 5.01 Å². The number of hydrogen-bond donors (Lipinski definition) is 1. The maximum atomic E-state index is 11.8. The fourth-order valence-corrected chi connectivity index (χ4v) is 2.02. The second kappa shape index (κ2) is 5.00. The van der Waals surface area contributed by atoms with Crippen LogP contribution in [0, 0.1) is 0 Å². The molecule has 5 nitrogen and oxygen atoms in total. The van der Waals surface area contributed by atoms with Gasteiger partial charge in [-0.05, 0) is 13.8 Å². The average Bonchev–Trinajstić information content (AvgIpc) is 2.54. The van der Waals surface area contributed by atoms with Gasteiger partial charge in [-0.25, -0.2) is 4.98 Å². The molecule has 0 aromatic carbocycles. The van der Waals surface area contributed by atoms with Crippen LogP contribution in [0.1, 0.15) is 13.8 Å². The monoisotopic (exact) mass is 319 g/mol. The number of carbonyl (C=O) groups is 2. The van der Waals surface area contributed by atoms with Crippen molar-refractivity contribution in [1.29, 1.82) is 0 Å². The van der Waals surface area contributed by atoms with Crippen LogP contribution in [0.5, 0.6) is 0 Å². The number of carbonyl (C=O) groups excluding carboxylic acids is 2. The molecule has 0 radical (unpaired) electrons. The van der Waals surface area contributed by atoms with Crippen molar-refractivity contribution in [1.82, 2.24) is 9.99 Å². The fourth-order valence-electron chi connectivity index (χ4n) is 1.49. The number of amides is 2. The van der Waals surface area contributed by atoms with Crippen molar-refractivity contribution in [2.45, 2.75) is 13.8 Å². The first-order valence-electron chi connectivity index (χ1n) is 5.17. The zero-order chi connectivity index (χ0) is 14.3. The molecule has 8 heteroatoms. The predicted molar refractivity (Wildman–Crippen MR) is 73.1 cm³/mol. The Hall–Kier alpha value is -1.30. The van der Waals surface area contributed by atoms with Gasteiger partial charge < -0.3 is 0 Å². The lowest BCUT2D eigenvalue weighted by atomic mass is 10.2. The Bertz CT molecular complexity index is 581. The first-order valence-corrected chi connectivity index (χ1v) is 6.30. The molecular weight excluding hydrogens is 312 g/mol. The van der Waals surface area contributed by atoms with E-state index in [4.69, 9.17) is 34.8 Å². The van der Waals surface area contributed by atoms with Crippen LogP contribution in [0.2, 0.25) is 15.2 Å². The Morgan fingerprint density at radius 3 is 2.11 bits per heavy atom. The Morgan fingerprint density at radius 2 is 1.63 bits per heavy atom. The Morgan fingerprint density at radius 1 is 1.11 bits per heavy atom. The Kier molecular flexibility index (Phi) is 3.71. The molecule has 2 heterocycles. The summed E-state index contributed by atoms with van der Waals surface area (Å²) in [6.45, 7) is 3.15. The highest BCUT2D eigenvalue weighted by Gasteiger charge is 2.34. The maximum absolute atomic E-state index is 11.8. The highest BCUT2D eigenvalue weighted by atomic mass is 35.5. The molecule has 2 amide bonds. The summed E-state index contributed by atoms with van der Waals surface area (Å²) in [5, 5.41) is 1.12. The van der Waals surface area contributed by atoms with Crippen molar-refractivity contribution >= 4 is 52.4 Å². The van der Waals surface area contributed by atoms with Gasteiger partial charge in [-0.15, -0.1) is 0 Å². The third kappa shape index (κ3) is 2.41. The lowest BCUT2D eigenvalue weighted by molar-refractivity contribution is -0.135. The summed E-state index contributed by atoms with van der Waals surface area (Å²) in [5.41, 5.74) is 3.32. The van der Waals surface area contributed by atoms with Crippen LogP contribution in [0.4, 0.5) is 5.82 Å². The van der Waals surface area contributed by atoms with E-state index in [0.717, 1.165) is 5.01 Å². The summed E-state index contributed by atoms with van der Waals surface area (Å²) >= 11 is 17.4. The van der Waals surface area contributed by atoms with Gasteiger partial charge in [0.2, 0.25) is 0 Å². The van der Waals surface area contributed by atoms with Crippen LogP contribution >= 0.6 is 34.8 Å². The zero-order valence-corrected chi connectivity index (χ0v) is 12.2. The van der Waals surface area contributed by atoms with Gasteiger partial charge in [0.1, 0.15) is 5.82 Å². The Labute approximate surface area is 124 Å². The smallest absolute Gasteiger partial charge is 0.271 e. The summed E-state index contributed by atoms with van der Waals surface area (Å²) in [7, 11) is 0. The summed E-state index contributed by atoms with van der Waals surface area (Å²) in [6, 6.07) is 1.37. The molecule has 0 spiro atoms. The molecule has 1 aromatic rings. The quantitative estimate of drug-likeness (QED) is 0.672. The number of hydrogen-bond acceptors (Lipinski definition) is 4. The minimum atomic E-state index is -0.438. The van der Waals surface area contributed by atoms with E-state index < -0.39 is 11.8 Å². The van der Waals surface area contributed by atoms with Gasteiger partial charge >= 0.3 is 0 Å². The highest BCUT2D eigenvalue weighted by Crippen LogP contribution is 2.31. The number of aromatic nitrogens is 1. The van der Waals surface area contributed by atoms with Crippen molar-refractivity contribution in [2.75, 3.05) is 5.43 Å². The van der Waals surface area contributed by atoms with Crippen LogP contribution in [0.3, 0.4) is 0 Å². The molecule has 1 aliphatic rings. The van der Waals surface area contributed by atoms with Crippen molar-refractivity contribution in [3.63, 3.8) is 0 Å². The molecule has 0 aliphatic carbocycles. The summed E-state index contributed by atoms with van der Waals surface area (Å²) < 4.78 is 0. The molecule has 0 fully saturated rings. The van der Waals surface area contributed by atoms with E-state index in [0.29, 0.717) is 11.1 Å².